The maximum atomic E-state index is 6.28. The smallest absolute Gasteiger partial charge is 0.0954 e. The molecule has 0 amide bonds. The van der Waals surface area contributed by atoms with Crippen LogP contribution in [0.5, 0.6) is 0 Å². The van der Waals surface area contributed by atoms with Gasteiger partial charge in [0.15, 0.2) is 0 Å². The van der Waals surface area contributed by atoms with E-state index in [1.165, 1.54) is 12.8 Å². The van der Waals surface area contributed by atoms with Crippen molar-refractivity contribution in [2.24, 2.45) is 5.73 Å². The minimum atomic E-state index is 0.239. The Kier molecular flexibility index (Phi) is 3.38. The molecule has 0 saturated heterocycles. The van der Waals surface area contributed by atoms with Crippen LogP contribution in [0.15, 0.2) is 24.9 Å². The normalized spacial score (nSPS) is 23.7. The van der Waals surface area contributed by atoms with Gasteiger partial charge < -0.3 is 10.3 Å². The Morgan fingerprint density at radius 2 is 2.16 bits per heavy atom. The number of rotatable bonds is 3. The zero-order chi connectivity index (χ0) is 13.2. The third kappa shape index (κ3) is 2.30. The van der Waals surface area contributed by atoms with E-state index in [1.54, 1.807) is 0 Å². The first-order valence-electron chi connectivity index (χ1n) is 7.10. The molecular formula is C14H21N5. The Hall–Kier alpha value is -1.62. The number of nitrogens with two attached hydrogens (primary N) is 1. The van der Waals surface area contributed by atoms with Gasteiger partial charge in [0, 0.05) is 24.3 Å². The van der Waals surface area contributed by atoms with Crippen molar-refractivity contribution < 1.29 is 0 Å². The van der Waals surface area contributed by atoms with Crippen LogP contribution < -0.4 is 5.73 Å². The number of nitrogens with zero attached hydrogens (tertiary/aromatic N) is 4. The van der Waals surface area contributed by atoms with Crippen molar-refractivity contribution in [3.05, 3.63) is 24.9 Å². The monoisotopic (exact) mass is 259 g/mol. The zero-order valence-corrected chi connectivity index (χ0v) is 11.4. The molecule has 3 rings (SSSR count). The van der Waals surface area contributed by atoms with Crippen LogP contribution in [0.4, 0.5) is 0 Å². The average Bonchev–Trinajstić information content (AvgIpc) is 3.07. The molecule has 5 heteroatoms. The topological polar surface area (TPSA) is 61.7 Å². The number of aryl methyl sites for hydroxylation is 1. The summed E-state index contributed by atoms with van der Waals surface area (Å²) < 4.78 is 4.17. The van der Waals surface area contributed by atoms with Crippen molar-refractivity contribution in [2.75, 3.05) is 0 Å². The second kappa shape index (κ2) is 5.17. The molecule has 19 heavy (non-hydrogen) atoms. The largest absolute Gasteiger partial charge is 0.326 e. The maximum Gasteiger partial charge on any atom is 0.0954 e. The zero-order valence-electron chi connectivity index (χ0n) is 11.4. The SMILES string of the molecule is CCn1cc(-c2cncn2C2CCCCC2N)cn1. The number of aromatic nitrogens is 4. The molecule has 1 fully saturated rings. The summed E-state index contributed by atoms with van der Waals surface area (Å²) in [5, 5.41) is 4.34. The Bertz CT molecular complexity index is 542. The van der Waals surface area contributed by atoms with Gasteiger partial charge in [0.1, 0.15) is 0 Å². The van der Waals surface area contributed by atoms with Crippen LogP contribution in [0.25, 0.3) is 11.3 Å². The highest BCUT2D eigenvalue weighted by atomic mass is 15.3. The van der Waals surface area contributed by atoms with E-state index in [-0.39, 0.29) is 6.04 Å². The Labute approximate surface area is 113 Å². The van der Waals surface area contributed by atoms with Gasteiger partial charge in [-0.3, -0.25) is 4.68 Å². The molecule has 0 spiro atoms. The van der Waals surface area contributed by atoms with Gasteiger partial charge in [0.2, 0.25) is 0 Å². The van der Waals surface area contributed by atoms with Crippen LogP contribution >= 0.6 is 0 Å². The molecule has 0 aliphatic heterocycles. The van der Waals surface area contributed by atoms with Crippen LogP contribution in [0.3, 0.4) is 0 Å². The van der Waals surface area contributed by atoms with E-state index in [9.17, 15) is 0 Å². The predicted molar refractivity (Wildman–Crippen MR) is 74.6 cm³/mol. The molecule has 1 aliphatic rings. The van der Waals surface area contributed by atoms with E-state index in [0.717, 1.165) is 30.6 Å². The summed E-state index contributed by atoms with van der Waals surface area (Å²) in [6.07, 6.45) is 12.6. The van der Waals surface area contributed by atoms with Crippen molar-refractivity contribution in [3.63, 3.8) is 0 Å². The lowest BCUT2D eigenvalue weighted by Crippen LogP contribution is -2.34. The van der Waals surface area contributed by atoms with Gasteiger partial charge in [-0.2, -0.15) is 5.10 Å². The van der Waals surface area contributed by atoms with E-state index in [2.05, 4.69) is 27.8 Å². The standard InChI is InChI=1S/C14H21N5/c1-2-18-9-11(7-17-18)14-8-16-10-19(14)13-6-4-3-5-12(13)15/h7-10,12-13H,2-6,15H2,1H3. The molecule has 1 aliphatic carbocycles. The van der Waals surface area contributed by atoms with Crippen LogP contribution in [-0.2, 0) is 6.54 Å². The van der Waals surface area contributed by atoms with Gasteiger partial charge in [0.05, 0.1) is 30.5 Å². The lowest BCUT2D eigenvalue weighted by molar-refractivity contribution is 0.308. The number of hydrogen-bond donors (Lipinski definition) is 1. The fourth-order valence-electron chi connectivity index (χ4n) is 2.95. The van der Waals surface area contributed by atoms with Gasteiger partial charge >= 0.3 is 0 Å². The van der Waals surface area contributed by atoms with Crippen LogP contribution in [0, 0.1) is 0 Å². The number of hydrogen-bond acceptors (Lipinski definition) is 3. The maximum absolute atomic E-state index is 6.28. The highest BCUT2D eigenvalue weighted by molar-refractivity contribution is 5.56. The molecule has 0 radical (unpaired) electrons. The first kappa shape index (κ1) is 12.4. The highest BCUT2D eigenvalue weighted by Crippen LogP contribution is 2.31. The second-order valence-electron chi connectivity index (χ2n) is 5.29. The molecule has 2 atom stereocenters. The number of imidazole rings is 1. The first-order chi connectivity index (χ1) is 9.29. The van der Waals surface area contributed by atoms with E-state index in [1.807, 2.05) is 23.4 Å². The molecule has 0 aromatic carbocycles. The summed E-state index contributed by atoms with van der Waals surface area (Å²) >= 11 is 0. The molecule has 2 aromatic heterocycles. The summed E-state index contributed by atoms with van der Waals surface area (Å²) in [6, 6.07) is 0.610. The van der Waals surface area contributed by atoms with Gasteiger partial charge in [-0.25, -0.2) is 4.98 Å². The lowest BCUT2D eigenvalue weighted by Gasteiger charge is -2.30. The molecular weight excluding hydrogens is 238 g/mol. The fraction of sp³-hybridized carbons (Fsp3) is 0.571. The molecule has 5 nitrogen and oxygen atoms in total. The second-order valence-corrected chi connectivity index (χ2v) is 5.29. The summed E-state index contributed by atoms with van der Waals surface area (Å²) in [6.45, 7) is 2.97. The third-order valence-corrected chi connectivity index (χ3v) is 4.06. The summed E-state index contributed by atoms with van der Waals surface area (Å²) in [5.41, 5.74) is 8.53. The molecule has 2 aromatic rings. The predicted octanol–water partition coefficient (Wildman–Crippen LogP) is 2.21. The molecule has 102 valence electrons. The van der Waals surface area contributed by atoms with E-state index < -0.39 is 0 Å². The van der Waals surface area contributed by atoms with Gasteiger partial charge in [-0.1, -0.05) is 12.8 Å². The van der Waals surface area contributed by atoms with E-state index >= 15 is 0 Å². The highest BCUT2D eigenvalue weighted by Gasteiger charge is 2.25. The molecule has 2 N–H and O–H groups in total. The van der Waals surface area contributed by atoms with Crippen molar-refractivity contribution in [3.8, 4) is 11.3 Å². The van der Waals surface area contributed by atoms with Crippen LogP contribution in [-0.4, -0.2) is 25.4 Å². The van der Waals surface area contributed by atoms with Crippen molar-refractivity contribution >= 4 is 0 Å². The van der Waals surface area contributed by atoms with Gasteiger partial charge in [-0.15, -0.1) is 0 Å². The Balaban J connectivity index is 1.93. The van der Waals surface area contributed by atoms with Gasteiger partial charge in [-0.05, 0) is 19.8 Å². The minimum absolute atomic E-state index is 0.239. The van der Waals surface area contributed by atoms with Crippen molar-refractivity contribution in [1.29, 1.82) is 0 Å². The summed E-state index contributed by atoms with van der Waals surface area (Å²) in [5.74, 6) is 0. The Morgan fingerprint density at radius 1 is 1.32 bits per heavy atom. The first-order valence-corrected chi connectivity index (χ1v) is 7.10. The molecule has 2 heterocycles. The summed E-state index contributed by atoms with van der Waals surface area (Å²) in [7, 11) is 0. The molecule has 2 unspecified atom stereocenters. The quantitative estimate of drug-likeness (QED) is 0.919. The third-order valence-electron chi connectivity index (χ3n) is 4.06. The Morgan fingerprint density at radius 3 is 2.89 bits per heavy atom. The average molecular weight is 259 g/mol. The van der Waals surface area contributed by atoms with Gasteiger partial charge in [0.25, 0.3) is 0 Å². The van der Waals surface area contributed by atoms with Crippen LogP contribution in [0.1, 0.15) is 38.6 Å². The van der Waals surface area contributed by atoms with Crippen LogP contribution in [0.2, 0.25) is 0 Å². The fourth-order valence-corrected chi connectivity index (χ4v) is 2.95. The van der Waals surface area contributed by atoms with Crippen molar-refractivity contribution in [1.82, 2.24) is 19.3 Å². The van der Waals surface area contributed by atoms with Crippen molar-refractivity contribution in [2.45, 2.75) is 51.2 Å². The minimum Gasteiger partial charge on any atom is -0.326 e. The molecule has 0 bridgehead atoms. The van der Waals surface area contributed by atoms with E-state index in [4.69, 9.17) is 5.73 Å². The molecule has 1 saturated carbocycles. The van der Waals surface area contributed by atoms with E-state index in [0.29, 0.717) is 6.04 Å². The lowest BCUT2D eigenvalue weighted by atomic mass is 9.90. The summed E-state index contributed by atoms with van der Waals surface area (Å²) in [4.78, 5) is 4.31.